The molecule has 1 aliphatic rings. The van der Waals surface area contributed by atoms with E-state index in [1.807, 2.05) is 26.0 Å². The fraction of sp³-hybridized carbons (Fsp3) is 0.450. The Hall–Kier alpha value is -1.94. The second-order valence-corrected chi connectivity index (χ2v) is 6.99. The summed E-state index contributed by atoms with van der Waals surface area (Å²) in [5.41, 5.74) is 4.20. The molecule has 3 rings (SSSR count). The lowest BCUT2D eigenvalue weighted by atomic mass is 9.74. The Morgan fingerprint density at radius 3 is 2.38 bits per heavy atom. The van der Waals surface area contributed by atoms with Gasteiger partial charge in [0.25, 0.3) is 0 Å². The third-order valence-corrected chi connectivity index (χ3v) is 5.18. The van der Waals surface area contributed by atoms with Gasteiger partial charge in [0.2, 0.25) is 0 Å². The van der Waals surface area contributed by atoms with E-state index < -0.39 is 6.10 Å². The Morgan fingerprint density at radius 1 is 1.17 bits per heavy atom. The van der Waals surface area contributed by atoms with E-state index in [1.54, 1.807) is 12.5 Å². The molecular weight excluding hydrogens is 303 g/mol. The fourth-order valence-corrected chi connectivity index (χ4v) is 3.87. The molecule has 3 nitrogen and oxygen atoms in total. The topological polar surface area (TPSA) is 48.9 Å². The highest BCUT2D eigenvalue weighted by molar-refractivity contribution is 5.68. The number of benzene rings is 1. The van der Waals surface area contributed by atoms with E-state index in [4.69, 9.17) is 0 Å². The van der Waals surface area contributed by atoms with Gasteiger partial charge in [0.15, 0.2) is 0 Å². The van der Waals surface area contributed by atoms with Crippen molar-refractivity contribution in [1.82, 2.24) is 9.97 Å². The number of nitrogens with one attached hydrogen (secondary N) is 1. The van der Waals surface area contributed by atoms with Gasteiger partial charge in [-0.25, -0.2) is 9.37 Å². The van der Waals surface area contributed by atoms with Crippen molar-refractivity contribution in [1.29, 1.82) is 0 Å². The summed E-state index contributed by atoms with van der Waals surface area (Å²) >= 11 is 0. The third-order valence-electron chi connectivity index (χ3n) is 5.18. The van der Waals surface area contributed by atoms with E-state index >= 15 is 0 Å². The lowest BCUT2D eigenvalue weighted by Crippen LogP contribution is -2.27. The predicted octanol–water partition coefficient (Wildman–Crippen LogP) is 4.68. The van der Waals surface area contributed by atoms with E-state index in [0.29, 0.717) is 5.92 Å². The fourth-order valence-electron chi connectivity index (χ4n) is 3.87. The van der Waals surface area contributed by atoms with Crippen LogP contribution in [0.5, 0.6) is 0 Å². The minimum atomic E-state index is -0.468. The Morgan fingerprint density at radius 2 is 1.83 bits per heavy atom. The average molecular weight is 328 g/mol. The van der Waals surface area contributed by atoms with Gasteiger partial charge in [-0.05, 0) is 69.1 Å². The molecule has 1 saturated carbocycles. The van der Waals surface area contributed by atoms with Gasteiger partial charge in [-0.3, -0.25) is 0 Å². The molecule has 0 radical (unpaired) electrons. The number of rotatable bonds is 4. The number of imidazole rings is 1. The smallest absolute Gasteiger partial charge is 0.123 e. The molecule has 0 saturated heterocycles. The van der Waals surface area contributed by atoms with Crippen LogP contribution in [-0.4, -0.2) is 21.2 Å². The van der Waals surface area contributed by atoms with Crippen LogP contribution in [-0.2, 0) is 0 Å². The lowest BCUT2D eigenvalue weighted by Gasteiger charge is -2.33. The first-order valence-corrected chi connectivity index (χ1v) is 8.66. The van der Waals surface area contributed by atoms with Gasteiger partial charge >= 0.3 is 0 Å². The molecule has 0 amide bonds. The van der Waals surface area contributed by atoms with Gasteiger partial charge in [-0.15, -0.1) is 0 Å². The lowest BCUT2D eigenvalue weighted by molar-refractivity contribution is 0.127. The first-order valence-electron chi connectivity index (χ1n) is 8.66. The van der Waals surface area contributed by atoms with Crippen molar-refractivity contribution in [3.63, 3.8) is 0 Å². The third kappa shape index (κ3) is 3.59. The molecule has 1 atom stereocenters. The van der Waals surface area contributed by atoms with Crippen molar-refractivity contribution in [2.24, 2.45) is 5.92 Å². The number of hydrogen-bond acceptors (Lipinski definition) is 2. The maximum Gasteiger partial charge on any atom is 0.123 e. The minimum Gasteiger partial charge on any atom is -0.388 e. The van der Waals surface area contributed by atoms with Crippen molar-refractivity contribution in [2.75, 3.05) is 0 Å². The minimum absolute atomic E-state index is 0.185. The van der Waals surface area contributed by atoms with E-state index in [-0.39, 0.29) is 11.7 Å². The van der Waals surface area contributed by atoms with Crippen molar-refractivity contribution in [2.45, 2.75) is 51.6 Å². The molecule has 1 unspecified atom stereocenters. The SMILES string of the molecule is CC(C)=C(c1cnc[nH]1)C(O)C1CCC(c2ccc(F)cc2)CC1. The van der Waals surface area contributed by atoms with Crippen molar-refractivity contribution in [3.8, 4) is 0 Å². The molecule has 0 aliphatic heterocycles. The van der Waals surface area contributed by atoms with Crippen LogP contribution in [0.3, 0.4) is 0 Å². The van der Waals surface area contributed by atoms with Gasteiger partial charge in [0.05, 0.1) is 24.3 Å². The molecule has 0 bridgehead atoms. The zero-order valence-corrected chi connectivity index (χ0v) is 14.3. The second-order valence-electron chi connectivity index (χ2n) is 6.99. The number of aromatic nitrogens is 2. The number of nitrogens with zero attached hydrogens (tertiary/aromatic N) is 1. The molecule has 4 heteroatoms. The summed E-state index contributed by atoms with van der Waals surface area (Å²) in [5, 5.41) is 10.9. The average Bonchev–Trinajstić information content (AvgIpc) is 3.09. The van der Waals surface area contributed by atoms with Gasteiger partial charge in [-0.1, -0.05) is 17.7 Å². The molecule has 1 aromatic heterocycles. The number of aliphatic hydroxyl groups is 1. The first-order chi connectivity index (χ1) is 11.6. The molecule has 1 heterocycles. The van der Waals surface area contributed by atoms with Crippen LogP contribution < -0.4 is 0 Å². The highest BCUT2D eigenvalue weighted by Gasteiger charge is 2.30. The summed E-state index contributed by atoms with van der Waals surface area (Å²) in [6, 6.07) is 6.86. The number of H-pyrrole nitrogens is 1. The van der Waals surface area contributed by atoms with Gasteiger partial charge < -0.3 is 10.1 Å². The zero-order valence-electron chi connectivity index (χ0n) is 14.3. The van der Waals surface area contributed by atoms with Crippen molar-refractivity contribution < 1.29 is 9.50 Å². The van der Waals surface area contributed by atoms with E-state index in [1.165, 1.54) is 17.7 Å². The van der Waals surface area contributed by atoms with E-state index in [0.717, 1.165) is 42.5 Å². The van der Waals surface area contributed by atoms with Crippen LogP contribution in [0, 0.1) is 11.7 Å². The predicted molar refractivity (Wildman–Crippen MR) is 94.0 cm³/mol. The van der Waals surface area contributed by atoms with Crippen LogP contribution in [0.25, 0.3) is 5.57 Å². The van der Waals surface area contributed by atoms with Gasteiger partial charge in [-0.2, -0.15) is 0 Å². The largest absolute Gasteiger partial charge is 0.388 e. The van der Waals surface area contributed by atoms with Crippen LogP contribution >= 0.6 is 0 Å². The second kappa shape index (κ2) is 7.31. The standard InChI is InChI=1S/C20H25FN2O/c1-13(2)19(18-11-22-12-23-18)20(24)16-5-3-14(4-6-16)15-7-9-17(21)10-8-15/h7-12,14,16,20,24H,3-6H2,1-2H3,(H,22,23). The number of aliphatic hydroxyl groups excluding tert-OH is 1. The molecule has 1 fully saturated rings. The summed E-state index contributed by atoms with van der Waals surface area (Å²) in [6.07, 6.45) is 6.98. The molecule has 2 N–H and O–H groups in total. The molecule has 1 aliphatic carbocycles. The Bertz CT molecular complexity index is 679. The molecule has 1 aromatic carbocycles. The summed E-state index contributed by atoms with van der Waals surface area (Å²) in [5.74, 6) is 0.543. The molecule has 24 heavy (non-hydrogen) atoms. The van der Waals surface area contributed by atoms with Gasteiger partial charge in [0.1, 0.15) is 5.82 Å². The number of allylic oxidation sites excluding steroid dienone is 1. The number of halogens is 1. The summed E-state index contributed by atoms with van der Waals surface area (Å²) in [6.45, 7) is 4.06. The van der Waals surface area contributed by atoms with E-state index in [2.05, 4.69) is 9.97 Å². The Labute approximate surface area is 142 Å². The zero-order chi connectivity index (χ0) is 17.1. The molecule has 2 aromatic rings. The summed E-state index contributed by atoms with van der Waals surface area (Å²) < 4.78 is 13.1. The highest BCUT2D eigenvalue weighted by atomic mass is 19.1. The maximum atomic E-state index is 13.1. The van der Waals surface area contributed by atoms with Crippen LogP contribution in [0.2, 0.25) is 0 Å². The van der Waals surface area contributed by atoms with Crippen LogP contribution in [0.1, 0.15) is 56.7 Å². The maximum absolute atomic E-state index is 13.1. The van der Waals surface area contributed by atoms with E-state index in [9.17, 15) is 9.50 Å². The van der Waals surface area contributed by atoms with Crippen LogP contribution in [0.4, 0.5) is 4.39 Å². The number of hydrogen-bond donors (Lipinski definition) is 2. The first kappa shape index (κ1) is 16.9. The summed E-state index contributed by atoms with van der Waals surface area (Å²) in [7, 11) is 0. The van der Waals surface area contributed by atoms with Crippen molar-refractivity contribution in [3.05, 3.63) is 59.4 Å². The monoisotopic (exact) mass is 328 g/mol. The quantitative estimate of drug-likeness (QED) is 0.856. The molecule has 0 spiro atoms. The highest BCUT2D eigenvalue weighted by Crippen LogP contribution is 2.40. The van der Waals surface area contributed by atoms with Crippen LogP contribution in [0.15, 0.2) is 42.4 Å². The summed E-state index contributed by atoms with van der Waals surface area (Å²) in [4.78, 5) is 7.19. The number of aromatic amines is 1. The molecular formula is C20H25FN2O. The normalized spacial score (nSPS) is 22.2. The van der Waals surface area contributed by atoms with Crippen molar-refractivity contribution >= 4 is 5.57 Å². The van der Waals surface area contributed by atoms with Gasteiger partial charge in [0, 0.05) is 5.57 Å². The Balaban J connectivity index is 1.67. The molecule has 128 valence electrons. The Kier molecular flexibility index (Phi) is 5.14.